The number of fused-ring (bicyclic) bond motifs is 1. The van der Waals surface area contributed by atoms with E-state index in [0.29, 0.717) is 30.7 Å². The number of nitrogens with one attached hydrogen (secondary N) is 1. The van der Waals surface area contributed by atoms with E-state index < -0.39 is 17.5 Å². The third kappa shape index (κ3) is 5.95. The predicted molar refractivity (Wildman–Crippen MR) is 118 cm³/mol. The van der Waals surface area contributed by atoms with Gasteiger partial charge >= 0.3 is 11.6 Å². The molecule has 1 heterocycles. The first-order valence-electron chi connectivity index (χ1n) is 10.1. The quantitative estimate of drug-likeness (QED) is 0.236. The second-order valence-corrected chi connectivity index (χ2v) is 7.26. The maximum Gasteiger partial charge on any atom is 0.349 e. The lowest BCUT2D eigenvalue weighted by Gasteiger charge is -2.09. The fourth-order valence-electron chi connectivity index (χ4n) is 2.93. The molecule has 3 rings (SSSR count). The number of benzene rings is 2. The van der Waals surface area contributed by atoms with Crippen molar-refractivity contribution in [3.63, 3.8) is 0 Å². The van der Waals surface area contributed by atoms with Crippen LogP contribution in [-0.2, 0) is 9.53 Å². The molecule has 0 aliphatic heterocycles. The number of hydrogen-bond donors (Lipinski definition) is 1. The van der Waals surface area contributed by atoms with E-state index in [2.05, 4.69) is 5.32 Å². The molecule has 0 aliphatic carbocycles. The second-order valence-electron chi connectivity index (χ2n) is 7.26. The fourth-order valence-corrected chi connectivity index (χ4v) is 2.93. The van der Waals surface area contributed by atoms with Crippen LogP contribution in [0.1, 0.15) is 27.9 Å². The molecule has 8 heteroatoms. The molecule has 0 saturated carbocycles. The molecule has 1 amide bonds. The summed E-state index contributed by atoms with van der Waals surface area (Å²) in [5, 5.41) is 3.17. The van der Waals surface area contributed by atoms with E-state index in [1.165, 1.54) is 12.1 Å². The Morgan fingerprint density at radius 1 is 1.00 bits per heavy atom. The molecule has 2 aromatic carbocycles. The molecular formula is C24H25NO7. The van der Waals surface area contributed by atoms with Crippen molar-refractivity contribution in [2.75, 3.05) is 26.9 Å². The van der Waals surface area contributed by atoms with E-state index in [-0.39, 0.29) is 23.5 Å². The molecule has 0 atom stereocenters. The molecule has 0 spiro atoms. The maximum absolute atomic E-state index is 12.2. The first kappa shape index (κ1) is 23.0. The third-order valence-corrected chi connectivity index (χ3v) is 4.83. The zero-order valence-electron chi connectivity index (χ0n) is 18.2. The predicted octanol–water partition coefficient (Wildman–Crippen LogP) is 3.16. The zero-order valence-corrected chi connectivity index (χ0v) is 18.2. The Morgan fingerprint density at radius 2 is 1.78 bits per heavy atom. The van der Waals surface area contributed by atoms with Crippen LogP contribution in [0.2, 0.25) is 0 Å². The van der Waals surface area contributed by atoms with Crippen LogP contribution < -0.4 is 20.4 Å². The zero-order chi connectivity index (χ0) is 23.1. The summed E-state index contributed by atoms with van der Waals surface area (Å²) in [5.74, 6) is -0.346. The molecule has 168 valence electrons. The van der Waals surface area contributed by atoms with Crippen molar-refractivity contribution in [3.05, 3.63) is 69.6 Å². The minimum Gasteiger partial charge on any atom is -0.482 e. The normalized spacial score (nSPS) is 10.7. The van der Waals surface area contributed by atoms with Crippen LogP contribution in [0.15, 0.2) is 51.7 Å². The number of carbonyl (C=O) groups is 2. The third-order valence-electron chi connectivity index (χ3n) is 4.83. The minimum absolute atomic E-state index is 0.0959. The Labute approximate surface area is 185 Å². The summed E-state index contributed by atoms with van der Waals surface area (Å²) < 4.78 is 20.9. The Morgan fingerprint density at radius 3 is 2.53 bits per heavy atom. The molecule has 0 radical (unpaired) electrons. The summed E-state index contributed by atoms with van der Waals surface area (Å²) in [6.45, 7) is 4.56. The van der Waals surface area contributed by atoms with Crippen LogP contribution in [0.3, 0.4) is 0 Å². The lowest BCUT2D eigenvalue weighted by atomic mass is 10.1. The smallest absolute Gasteiger partial charge is 0.349 e. The van der Waals surface area contributed by atoms with E-state index in [4.69, 9.17) is 18.6 Å². The van der Waals surface area contributed by atoms with Crippen LogP contribution in [0.25, 0.3) is 11.0 Å². The molecule has 0 aliphatic rings. The lowest BCUT2D eigenvalue weighted by Crippen LogP contribution is -2.29. The van der Waals surface area contributed by atoms with Gasteiger partial charge in [0.2, 0.25) is 0 Å². The summed E-state index contributed by atoms with van der Waals surface area (Å²) in [6, 6.07) is 11.6. The van der Waals surface area contributed by atoms with Crippen molar-refractivity contribution in [2.24, 2.45) is 0 Å². The summed E-state index contributed by atoms with van der Waals surface area (Å²) in [6.07, 6.45) is 0.628. The van der Waals surface area contributed by atoms with Crippen molar-refractivity contribution in [1.82, 2.24) is 5.32 Å². The highest BCUT2D eigenvalue weighted by Crippen LogP contribution is 2.21. The van der Waals surface area contributed by atoms with E-state index in [0.717, 1.165) is 11.1 Å². The number of rotatable bonds is 9. The monoisotopic (exact) mass is 439 g/mol. The van der Waals surface area contributed by atoms with Crippen molar-refractivity contribution in [3.8, 4) is 11.5 Å². The second kappa shape index (κ2) is 10.6. The highest BCUT2D eigenvalue weighted by molar-refractivity contribution is 5.96. The fraction of sp³-hybridized carbons (Fsp3) is 0.292. The number of aryl methyl sites for hydroxylation is 2. The lowest BCUT2D eigenvalue weighted by molar-refractivity contribution is -0.136. The van der Waals surface area contributed by atoms with Gasteiger partial charge in [-0.25, -0.2) is 9.59 Å². The molecule has 8 nitrogen and oxygen atoms in total. The van der Waals surface area contributed by atoms with Gasteiger partial charge in [-0.2, -0.15) is 0 Å². The maximum atomic E-state index is 12.2. The average molecular weight is 439 g/mol. The highest BCUT2D eigenvalue weighted by Gasteiger charge is 2.14. The van der Waals surface area contributed by atoms with Crippen LogP contribution in [-0.4, -0.2) is 38.7 Å². The van der Waals surface area contributed by atoms with Gasteiger partial charge in [0.1, 0.15) is 22.6 Å². The minimum atomic E-state index is -0.775. The topological polar surface area (TPSA) is 104 Å². The van der Waals surface area contributed by atoms with Crippen LogP contribution in [0, 0.1) is 13.8 Å². The number of carbonyl (C=O) groups excluding carboxylic acids is 2. The molecule has 0 fully saturated rings. The standard InChI is InChI=1S/C24H25NO7/c1-15-5-7-18(11-16(15)2)30-14-22(26)31-19-8-6-17-12-20(24(28)32-21(17)13-19)23(27)25-9-4-10-29-3/h5-8,11-13H,4,9-10,14H2,1-3H3,(H,25,27). The van der Waals surface area contributed by atoms with Crippen molar-refractivity contribution in [1.29, 1.82) is 0 Å². The largest absolute Gasteiger partial charge is 0.482 e. The molecule has 0 bridgehead atoms. The van der Waals surface area contributed by atoms with Gasteiger partial charge in [0.05, 0.1) is 0 Å². The molecule has 1 aromatic heterocycles. The Hall–Kier alpha value is -3.65. The highest BCUT2D eigenvalue weighted by atomic mass is 16.6. The first-order valence-corrected chi connectivity index (χ1v) is 10.1. The molecule has 0 unspecified atom stereocenters. The number of ether oxygens (including phenoxy) is 3. The molecular weight excluding hydrogens is 414 g/mol. The van der Waals surface area contributed by atoms with E-state index in [1.807, 2.05) is 26.0 Å². The van der Waals surface area contributed by atoms with Gasteiger partial charge in [-0.1, -0.05) is 6.07 Å². The van der Waals surface area contributed by atoms with Crippen LogP contribution in [0.4, 0.5) is 0 Å². The number of methoxy groups -OCH3 is 1. The average Bonchev–Trinajstić information content (AvgIpc) is 2.77. The Bertz CT molecular complexity index is 1180. The van der Waals surface area contributed by atoms with E-state index >= 15 is 0 Å². The van der Waals surface area contributed by atoms with Crippen LogP contribution >= 0.6 is 0 Å². The number of amides is 1. The van der Waals surface area contributed by atoms with Crippen LogP contribution in [0.5, 0.6) is 11.5 Å². The van der Waals surface area contributed by atoms with Gasteiger partial charge < -0.3 is 23.9 Å². The Kier molecular flexibility index (Phi) is 7.62. The molecule has 3 aromatic rings. The van der Waals surface area contributed by atoms with Gasteiger partial charge in [-0.15, -0.1) is 0 Å². The van der Waals surface area contributed by atoms with E-state index in [9.17, 15) is 14.4 Å². The SMILES string of the molecule is COCCCNC(=O)c1cc2ccc(OC(=O)COc3ccc(C)c(C)c3)cc2oc1=O. The van der Waals surface area contributed by atoms with Gasteiger partial charge in [-0.3, -0.25) is 4.79 Å². The molecule has 1 N–H and O–H groups in total. The summed E-state index contributed by atoms with van der Waals surface area (Å²) >= 11 is 0. The van der Waals surface area contributed by atoms with Crippen molar-refractivity contribution < 1.29 is 28.2 Å². The summed E-state index contributed by atoms with van der Waals surface area (Å²) in [4.78, 5) is 36.6. The number of esters is 1. The van der Waals surface area contributed by atoms with Crippen molar-refractivity contribution in [2.45, 2.75) is 20.3 Å². The van der Waals surface area contributed by atoms with Crippen molar-refractivity contribution >= 4 is 22.8 Å². The van der Waals surface area contributed by atoms with E-state index in [1.54, 1.807) is 25.3 Å². The summed E-state index contributed by atoms with van der Waals surface area (Å²) in [7, 11) is 1.57. The van der Waals surface area contributed by atoms with Gasteiger partial charge in [-0.05, 0) is 61.7 Å². The van der Waals surface area contributed by atoms with Gasteiger partial charge in [0, 0.05) is 31.7 Å². The Balaban J connectivity index is 1.64. The first-order chi connectivity index (χ1) is 15.4. The van der Waals surface area contributed by atoms with Gasteiger partial charge in [0.25, 0.3) is 5.91 Å². The molecule has 32 heavy (non-hydrogen) atoms. The number of hydrogen-bond acceptors (Lipinski definition) is 7. The molecule has 0 saturated heterocycles. The van der Waals surface area contributed by atoms with Gasteiger partial charge in [0.15, 0.2) is 6.61 Å². The summed E-state index contributed by atoms with van der Waals surface area (Å²) in [5.41, 5.74) is 1.52.